The molecule has 40 heavy (non-hydrogen) atoms. The van der Waals surface area contributed by atoms with Crippen LogP contribution in [0.2, 0.25) is 0 Å². The van der Waals surface area contributed by atoms with Crippen molar-refractivity contribution in [1.29, 1.82) is 0 Å². The fourth-order valence-corrected chi connectivity index (χ4v) is 6.65. The molecule has 5 aromatic rings. The molecule has 0 heterocycles. The minimum atomic E-state index is -4.93. The molecule has 0 aliphatic carbocycles. The van der Waals surface area contributed by atoms with Crippen molar-refractivity contribution in [2.75, 3.05) is 5.73 Å². The summed E-state index contributed by atoms with van der Waals surface area (Å²) in [7, 11) is -14.6. The van der Waals surface area contributed by atoms with Crippen molar-refractivity contribution in [3.63, 3.8) is 0 Å². The van der Waals surface area contributed by atoms with Crippen molar-refractivity contribution in [3.8, 4) is 0 Å². The van der Waals surface area contributed by atoms with Gasteiger partial charge in [0.1, 0.15) is 14.7 Å². The van der Waals surface area contributed by atoms with E-state index in [4.69, 9.17) is 11.5 Å². The summed E-state index contributed by atoms with van der Waals surface area (Å²) >= 11 is 4.66. The van der Waals surface area contributed by atoms with Crippen LogP contribution in [0.3, 0.4) is 0 Å². The minimum absolute atomic E-state index is 0.0445. The molecule has 0 aromatic heterocycles. The SMILES string of the molecule is NC(=S)NCc1ccccc1.Nc1cc(S(=O)(=O)O)c2ccc3c(S(=O)(=O)O)cc(S(=O)(=O)O)c4ccc1c2c43. The van der Waals surface area contributed by atoms with Gasteiger partial charge in [-0.15, -0.1) is 0 Å². The Balaban J connectivity index is 0.000000283. The van der Waals surface area contributed by atoms with E-state index >= 15 is 0 Å². The molecule has 0 spiro atoms. The molecular weight excluding hydrogens is 603 g/mol. The number of anilines is 1. The van der Waals surface area contributed by atoms with Crippen molar-refractivity contribution >= 4 is 85.7 Å². The van der Waals surface area contributed by atoms with Crippen molar-refractivity contribution in [3.05, 3.63) is 72.3 Å². The van der Waals surface area contributed by atoms with Crippen LogP contribution in [0.4, 0.5) is 5.69 Å². The van der Waals surface area contributed by atoms with E-state index in [0.717, 1.165) is 12.1 Å². The van der Waals surface area contributed by atoms with E-state index < -0.39 is 45.0 Å². The molecule has 8 N–H and O–H groups in total. The molecule has 0 unspecified atom stereocenters. The Labute approximate surface area is 234 Å². The highest BCUT2D eigenvalue weighted by Gasteiger charge is 2.27. The van der Waals surface area contributed by atoms with E-state index in [9.17, 15) is 38.9 Å². The van der Waals surface area contributed by atoms with Gasteiger partial charge in [-0.05, 0) is 29.9 Å². The molecule has 0 saturated heterocycles. The van der Waals surface area contributed by atoms with Crippen LogP contribution >= 0.6 is 12.2 Å². The number of nitrogen functional groups attached to an aromatic ring is 1. The molecule has 5 aromatic carbocycles. The molecule has 0 bridgehead atoms. The summed E-state index contributed by atoms with van der Waals surface area (Å²) in [5, 5.41) is 3.13. The van der Waals surface area contributed by atoms with Crippen LogP contribution < -0.4 is 16.8 Å². The van der Waals surface area contributed by atoms with Crippen molar-refractivity contribution in [2.24, 2.45) is 5.73 Å². The zero-order valence-corrected chi connectivity index (χ0v) is 23.4. The fraction of sp³-hybridized carbons (Fsp3) is 0.0417. The molecular formula is C24H21N3O9S4. The molecule has 210 valence electrons. The summed E-state index contributed by atoms with van der Waals surface area (Å²) < 4.78 is 99.8. The zero-order chi connectivity index (χ0) is 29.6. The third-order valence-electron chi connectivity index (χ3n) is 5.96. The van der Waals surface area contributed by atoms with Gasteiger partial charge in [-0.2, -0.15) is 25.3 Å². The van der Waals surface area contributed by atoms with Crippen LogP contribution in [-0.4, -0.2) is 44.0 Å². The van der Waals surface area contributed by atoms with Crippen LogP contribution in [0.25, 0.3) is 32.3 Å². The molecule has 0 aliphatic rings. The van der Waals surface area contributed by atoms with Crippen molar-refractivity contribution in [1.82, 2.24) is 5.32 Å². The first kappa shape index (κ1) is 29.3. The van der Waals surface area contributed by atoms with Crippen LogP contribution in [0.15, 0.2) is 81.4 Å². The highest BCUT2D eigenvalue weighted by molar-refractivity contribution is 7.87. The fourth-order valence-electron chi connectivity index (χ4n) is 4.35. The van der Waals surface area contributed by atoms with Gasteiger partial charge < -0.3 is 16.8 Å². The van der Waals surface area contributed by atoms with E-state index in [1.807, 2.05) is 30.3 Å². The lowest BCUT2D eigenvalue weighted by Gasteiger charge is -2.17. The second kappa shape index (κ2) is 10.4. The molecule has 12 nitrogen and oxygen atoms in total. The summed E-state index contributed by atoms with van der Waals surface area (Å²) in [6.07, 6.45) is 0. The lowest BCUT2D eigenvalue weighted by Crippen LogP contribution is -2.28. The number of benzene rings is 5. The van der Waals surface area contributed by atoms with Crippen LogP contribution in [-0.2, 0) is 36.9 Å². The zero-order valence-electron chi connectivity index (χ0n) is 20.1. The first-order valence-electron chi connectivity index (χ1n) is 11.0. The Morgan fingerprint density at radius 3 is 1.50 bits per heavy atom. The highest BCUT2D eigenvalue weighted by Crippen LogP contribution is 2.43. The minimum Gasteiger partial charge on any atom is -0.398 e. The lowest BCUT2D eigenvalue weighted by atomic mass is 9.93. The second-order valence-electron chi connectivity index (χ2n) is 8.54. The quantitative estimate of drug-likeness (QED) is 0.0717. The molecule has 0 radical (unpaired) electrons. The maximum Gasteiger partial charge on any atom is 0.295 e. The summed E-state index contributed by atoms with van der Waals surface area (Å²) in [4.78, 5) is -2.17. The van der Waals surface area contributed by atoms with Crippen molar-refractivity contribution < 1.29 is 38.9 Å². The lowest BCUT2D eigenvalue weighted by molar-refractivity contribution is 0.480. The Hall–Kier alpha value is -3.64. The number of hydrogen-bond acceptors (Lipinski definition) is 8. The Morgan fingerprint density at radius 1 is 0.675 bits per heavy atom. The van der Waals surface area contributed by atoms with Gasteiger partial charge in [0.2, 0.25) is 0 Å². The molecule has 0 atom stereocenters. The first-order chi connectivity index (χ1) is 18.5. The normalized spacial score (nSPS) is 12.4. The van der Waals surface area contributed by atoms with E-state index in [1.54, 1.807) is 0 Å². The van der Waals surface area contributed by atoms with E-state index in [1.165, 1.54) is 23.8 Å². The van der Waals surface area contributed by atoms with Crippen molar-refractivity contribution in [2.45, 2.75) is 21.2 Å². The third kappa shape index (κ3) is 5.78. The Bertz CT molecular complexity index is 2060. The van der Waals surface area contributed by atoms with Gasteiger partial charge in [-0.25, -0.2) is 0 Å². The van der Waals surface area contributed by atoms with Gasteiger partial charge in [0, 0.05) is 44.5 Å². The van der Waals surface area contributed by atoms with E-state index in [-0.39, 0.29) is 38.0 Å². The number of rotatable bonds is 5. The first-order valence-corrected chi connectivity index (χ1v) is 15.8. The highest BCUT2D eigenvalue weighted by atomic mass is 32.2. The number of nitrogens with two attached hydrogens (primary N) is 2. The second-order valence-corrected chi connectivity index (χ2v) is 13.1. The van der Waals surface area contributed by atoms with Gasteiger partial charge >= 0.3 is 0 Å². The van der Waals surface area contributed by atoms with Gasteiger partial charge in [-0.1, -0.05) is 54.6 Å². The average Bonchev–Trinajstić information content (AvgIpc) is 2.85. The summed E-state index contributed by atoms with van der Waals surface area (Å²) in [5.41, 5.74) is 12.3. The summed E-state index contributed by atoms with van der Waals surface area (Å²) in [5.74, 6) is 0. The topological polar surface area (TPSA) is 227 Å². The molecule has 0 fully saturated rings. The van der Waals surface area contributed by atoms with E-state index in [2.05, 4.69) is 17.5 Å². The number of nitrogens with one attached hydrogen (secondary N) is 1. The summed E-state index contributed by atoms with van der Waals surface area (Å²) in [6.45, 7) is 0.705. The smallest absolute Gasteiger partial charge is 0.295 e. The molecule has 0 amide bonds. The Kier molecular flexibility index (Phi) is 7.63. The van der Waals surface area contributed by atoms with Gasteiger partial charge in [-0.3, -0.25) is 13.7 Å². The van der Waals surface area contributed by atoms with Gasteiger partial charge in [0.25, 0.3) is 30.4 Å². The molecule has 5 rings (SSSR count). The number of hydrogen-bond donors (Lipinski definition) is 6. The molecule has 0 aliphatic heterocycles. The maximum atomic E-state index is 11.9. The van der Waals surface area contributed by atoms with Crippen LogP contribution in [0, 0.1) is 0 Å². The van der Waals surface area contributed by atoms with Gasteiger partial charge in [0.05, 0.1) is 0 Å². The maximum absolute atomic E-state index is 11.9. The average molecular weight is 624 g/mol. The monoisotopic (exact) mass is 623 g/mol. The Morgan fingerprint density at radius 2 is 1.07 bits per heavy atom. The predicted molar refractivity (Wildman–Crippen MR) is 154 cm³/mol. The van der Waals surface area contributed by atoms with E-state index in [0.29, 0.717) is 17.7 Å². The standard InChI is InChI=1S/C16H11NO9S3.C8H10N2S/c17-11-5-12(27(18,19)20)8-3-4-10-14(29(24,25)26)6-13(28(21,22)23)9-2-1-7(11)15(8)16(9)10;9-8(11)10-6-7-4-2-1-3-5-7/h1-6H,17H2,(H,18,19,20)(H,21,22,23)(H,24,25,26);1-5H,6H2,(H3,9,10,11). The number of thiocarbonyl (C=S) groups is 1. The summed E-state index contributed by atoms with van der Waals surface area (Å²) in [6, 6.07) is 16.6. The van der Waals surface area contributed by atoms with Crippen LogP contribution in [0.1, 0.15) is 5.56 Å². The third-order valence-corrected chi connectivity index (χ3v) is 8.79. The molecule has 16 heteroatoms. The largest absolute Gasteiger partial charge is 0.398 e. The van der Waals surface area contributed by atoms with Crippen LogP contribution in [0.5, 0.6) is 0 Å². The molecule has 0 saturated carbocycles. The predicted octanol–water partition coefficient (Wildman–Crippen LogP) is 2.93. The van der Waals surface area contributed by atoms with Gasteiger partial charge in [0.15, 0.2) is 5.11 Å².